The van der Waals surface area contributed by atoms with Crippen LogP contribution < -0.4 is 4.74 Å². The second-order valence-corrected chi connectivity index (χ2v) is 4.42. The van der Waals surface area contributed by atoms with Crippen molar-refractivity contribution < 1.29 is 23.8 Å². The van der Waals surface area contributed by atoms with E-state index >= 15 is 0 Å². The molecule has 0 amide bonds. The second kappa shape index (κ2) is 6.75. The molecule has 0 atom stereocenters. The average Bonchev–Trinajstić information content (AvgIpc) is 2.98. The zero-order valence-corrected chi connectivity index (χ0v) is 12.5. The van der Waals surface area contributed by atoms with Gasteiger partial charge in [0.1, 0.15) is 11.3 Å². The van der Waals surface area contributed by atoms with Gasteiger partial charge in [-0.15, -0.1) is 0 Å². The normalized spacial score (nSPS) is 10.1. The first kappa shape index (κ1) is 15.6. The topological polar surface area (TPSA) is 79.7 Å². The lowest BCUT2D eigenvalue weighted by Crippen LogP contribution is -2.10. The predicted molar refractivity (Wildman–Crippen MR) is 77.0 cm³/mol. The molecule has 2 rings (SSSR count). The molecule has 0 radical (unpaired) electrons. The number of hydrogen-bond donors (Lipinski definition) is 0. The van der Waals surface area contributed by atoms with E-state index in [0.29, 0.717) is 6.54 Å². The average molecular weight is 304 g/mol. The number of ether oxygens (including phenoxy) is 3. The van der Waals surface area contributed by atoms with Gasteiger partial charge in [-0.3, -0.25) is 4.68 Å². The van der Waals surface area contributed by atoms with Crippen molar-refractivity contribution in [1.82, 2.24) is 9.78 Å². The molecular formula is C15H16N2O5. The summed E-state index contributed by atoms with van der Waals surface area (Å²) in [6.45, 7) is 0.394. The number of methoxy groups -OCH3 is 3. The van der Waals surface area contributed by atoms with Crippen LogP contribution >= 0.6 is 0 Å². The van der Waals surface area contributed by atoms with E-state index in [1.165, 1.54) is 25.1 Å². The highest BCUT2D eigenvalue weighted by atomic mass is 16.5. The second-order valence-electron chi connectivity index (χ2n) is 4.42. The largest absolute Gasteiger partial charge is 0.497 e. The van der Waals surface area contributed by atoms with Crippen LogP contribution in [0.4, 0.5) is 0 Å². The van der Waals surface area contributed by atoms with Crippen molar-refractivity contribution in [2.24, 2.45) is 0 Å². The number of nitrogens with zero attached hydrogens (tertiary/aromatic N) is 2. The summed E-state index contributed by atoms with van der Waals surface area (Å²) in [6, 6.07) is 7.38. The van der Waals surface area contributed by atoms with Crippen LogP contribution in [0.2, 0.25) is 0 Å². The molecule has 1 heterocycles. The molecule has 22 heavy (non-hydrogen) atoms. The van der Waals surface area contributed by atoms with E-state index in [4.69, 9.17) is 4.74 Å². The molecule has 7 nitrogen and oxygen atoms in total. The summed E-state index contributed by atoms with van der Waals surface area (Å²) < 4.78 is 15.9. The molecule has 0 aliphatic heterocycles. The van der Waals surface area contributed by atoms with Crippen LogP contribution in [0, 0.1) is 0 Å². The Morgan fingerprint density at radius 3 is 2.23 bits per heavy atom. The van der Waals surface area contributed by atoms with Crippen LogP contribution in [0.25, 0.3) is 0 Å². The monoisotopic (exact) mass is 304 g/mol. The van der Waals surface area contributed by atoms with E-state index in [1.807, 2.05) is 24.3 Å². The number of benzene rings is 1. The van der Waals surface area contributed by atoms with Crippen LogP contribution in [0.5, 0.6) is 5.75 Å². The Hall–Kier alpha value is -2.83. The quantitative estimate of drug-likeness (QED) is 0.779. The van der Waals surface area contributed by atoms with Crippen LogP contribution in [0.1, 0.15) is 26.4 Å². The third kappa shape index (κ3) is 3.25. The Morgan fingerprint density at radius 1 is 1.05 bits per heavy atom. The molecule has 0 aliphatic rings. The summed E-state index contributed by atoms with van der Waals surface area (Å²) >= 11 is 0. The molecule has 0 N–H and O–H groups in total. The van der Waals surface area contributed by atoms with E-state index in [2.05, 4.69) is 14.6 Å². The van der Waals surface area contributed by atoms with Gasteiger partial charge in [0.2, 0.25) is 0 Å². The fraction of sp³-hybridized carbons (Fsp3) is 0.267. The third-order valence-corrected chi connectivity index (χ3v) is 3.05. The summed E-state index contributed by atoms with van der Waals surface area (Å²) in [6.07, 6.45) is 1.46. The fourth-order valence-electron chi connectivity index (χ4n) is 1.93. The van der Waals surface area contributed by atoms with E-state index in [1.54, 1.807) is 7.11 Å². The zero-order valence-electron chi connectivity index (χ0n) is 12.5. The van der Waals surface area contributed by atoms with Gasteiger partial charge in [0.15, 0.2) is 5.69 Å². The minimum atomic E-state index is -0.686. The van der Waals surface area contributed by atoms with Gasteiger partial charge in [0.05, 0.1) is 27.9 Å². The molecule has 0 saturated heterocycles. The third-order valence-electron chi connectivity index (χ3n) is 3.05. The van der Waals surface area contributed by atoms with Crippen molar-refractivity contribution in [3.8, 4) is 5.75 Å². The van der Waals surface area contributed by atoms with Gasteiger partial charge >= 0.3 is 11.9 Å². The molecule has 116 valence electrons. The first-order valence-corrected chi connectivity index (χ1v) is 6.46. The van der Waals surface area contributed by atoms with Crippen molar-refractivity contribution in [2.75, 3.05) is 21.3 Å². The highest BCUT2D eigenvalue weighted by Crippen LogP contribution is 2.14. The standard InChI is InChI=1S/C15H16N2O5/c1-20-11-6-4-10(5-7-11)8-17-9-12(14(18)21-2)13(16-17)15(19)22-3/h4-7,9H,8H2,1-3H3. The lowest BCUT2D eigenvalue weighted by molar-refractivity contribution is 0.0552. The summed E-state index contributed by atoms with van der Waals surface area (Å²) in [5.74, 6) is -0.579. The molecule has 7 heteroatoms. The van der Waals surface area contributed by atoms with Gasteiger partial charge in [-0.2, -0.15) is 5.10 Å². The minimum Gasteiger partial charge on any atom is -0.497 e. The van der Waals surface area contributed by atoms with Crippen molar-refractivity contribution in [1.29, 1.82) is 0 Å². The lowest BCUT2D eigenvalue weighted by Gasteiger charge is -2.03. The van der Waals surface area contributed by atoms with E-state index < -0.39 is 11.9 Å². The first-order chi connectivity index (χ1) is 10.6. The number of aromatic nitrogens is 2. The number of carbonyl (C=O) groups is 2. The highest BCUT2D eigenvalue weighted by molar-refractivity contribution is 6.01. The van der Waals surface area contributed by atoms with Crippen molar-refractivity contribution >= 4 is 11.9 Å². The first-order valence-electron chi connectivity index (χ1n) is 6.46. The van der Waals surface area contributed by atoms with Gasteiger partial charge in [0, 0.05) is 6.20 Å². The zero-order chi connectivity index (χ0) is 16.1. The maximum atomic E-state index is 11.7. The Morgan fingerprint density at radius 2 is 1.68 bits per heavy atom. The number of hydrogen-bond acceptors (Lipinski definition) is 6. The SMILES string of the molecule is COC(=O)c1cn(Cc2ccc(OC)cc2)nc1C(=O)OC. The molecule has 1 aromatic heterocycles. The molecule has 0 saturated carbocycles. The molecule has 1 aromatic carbocycles. The maximum absolute atomic E-state index is 11.7. The fourth-order valence-corrected chi connectivity index (χ4v) is 1.93. The van der Waals surface area contributed by atoms with E-state index in [0.717, 1.165) is 11.3 Å². The van der Waals surface area contributed by atoms with Gasteiger partial charge in [-0.1, -0.05) is 12.1 Å². The lowest BCUT2D eigenvalue weighted by atomic mass is 10.2. The van der Waals surface area contributed by atoms with Gasteiger partial charge in [-0.25, -0.2) is 9.59 Å². The summed E-state index contributed by atoms with van der Waals surface area (Å²) in [5, 5.41) is 4.10. The summed E-state index contributed by atoms with van der Waals surface area (Å²) in [5.41, 5.74) is 0.946. The molecule has 2 aromatic rings. The minimum absolute atomic E-state index is 0.0668. The predicted octanol–water partition coefficient (Wildman–Crippen LogP) is 1.51. The van der Waals surface area contributed by atoms with Crippen molar-refractivity contribution in [3.63, 3.8) is 0 Å². The Bertz CT molecular complexity index is 642. The number of esters is 2. The maximum Gasteiger partial charge on any atom is 0.359 e. The Labute approximate surface area is 127 Å². The van der Waals surface area contributed by atoms with Crippen molar-refractivity contribution in [2.45, 2.75) is 6.54 Å². The smallest absolute Gasteiger partial charge is 0.359 e. The van der Waals surface area contributed by atoms with E-state index in [9.17, 15) is 9.59 Å². The van der Waals surface area contributed by atoms with Gasteiger partial charge in [0.25, 0.3) is 0 Å². The number of carbonyl (C=O) groups excluding carboxylic acids is 2. The molecule has 0 spiro atoms. The highest BCUT2D eigenvalue weighted by Gasteiger charge is 2.23. The van der Waals surface area contributed by atoms with Crippen molar-refractivity contribution in [3.05, 3.63) is 47.3 Å². The van der Waals surface area contributed by atoms with Crippen LogP contribution in [0.15, 0.2) is 30.5 Å². The Balaban J connectivity index is 2.29. The van der Waals surface area contributed by atoms with Crippen LogP contribution in [0.3, 0.4) is 0 Å². The molecule has 0 fully saturated rings. The Kier molecular flexibility index (Phi) is 4.77. The summed E-state index contributed by atoms with van der Waals surface area (Å²) in [7, 11) is 4.06. The van der Waals surface area contributed by atoms with Gasteiger partial charge in [-0.05, 0) is 17.7 Å². The molecule has 0 aliphatic carbocycles. The van der Waals surface area contributed by atoms with Crippen LogP contribution in [-0.2, 0) is 16.0 Å². The summed E-state index contributed by atoms with van der Waals surface area (Å²) in [4.78, 5) is 23.4. The van der Waals surface area contributed by atoms with Gasteiger partial charge < -0.3 is 14.2 Å². The molecular weight excluding hydrogens is 288 g/mol. The molecule has 0 unspecified atom stereocenters. The van der Waals surface area contributed by atoms with Crippen LogP contribution in [-0.4, -0.2) is 43.0 Å². The van der Waals surface area contributed by atoms with E-state index in [-0.39, 0.29) is 11.3 Å². The molecule has 0 bridgehead atoms. The number of rotatable bonds is 5.